The van der Waals surface area contributed by atoms with Crippen LogP contribution in [0.15, 0.2) is 29.3 Å². The number of nitrogens with one attached hydrogen (secondary N) is 2. The van der Waals surface area contributed by atoms with Crippen molar-refractivity contribution in [1.29, 1.82) is 0 Å². The minimum Gasteiger partial charge on any atom is -0.357 e. The Labute approximate surface area is 182 Å². The van der Waals surface area contributed by atoms with Gasteiger partial charge in [-0.2, -0.15) is 5.10 Å². The van der Waals surface area contributed by atoms with Crippen LogP contribution >= 0.6 is 24.0 Å². The zero-order valence-corrected chi connectivity index (χ0v) is 18.7. The molecule has 2 heterocycles. The van der Waals surface area contributed by atoms with Crippen LogP contribution in [0.3, 0.4) is 0 Å². The number of guanidine groups is 1. The highest BCUT2D eigenvalue weighted by Gasteiger charge is 2.45. The summed E-state index contributed by atoms with van der Waals surface area (Å²) < 4.78 is 16.2. The Morgan fingerprint density at radius 2 is 2.14 bits per heavy atom. The Bertz CT molecular complexity index is 845. The molecule has 0 radical (unpaired) electrons. The lowest BCUT2D eigenvalue weighted by molar-refractivity contribution is 0.392. The van der Waals surface area contributed by atoms with Crippen molar-refractivity contribution in [3.05, 3.63) is 47.3 Å². The van der Waals surface area contributed by atoms with Crippen molar-refractivity contribution in [3.8, 4) is 0 Å². The predicted octanol–water partition coefficient (Wildman–Crippen LogP) is 2.95. The second-order valence-corrected chi connectivity index (χ2v) is 7.59. The van der Waals surface area contributed by atoms with E-state index in [-0.39, 0.29) is 41.3 Å². The van der Waals surface area contributed by atoms with Gasteiger partial charge in [0.2, 0.25) is 0 Å². The van der Waals surface area contributed by atoms with Crippen LogP contribution in [0.4, 0.5) is 4.39 Å². The van der Waals surface area contributed by atoms with E-state index in [1.54, 1.807) is 12.1 Å². The first kappa shape index (κ1) is 21.0. The molecule has 1 saturated carbocycles. The van der Waals surface area contributed by atoms with E-state index in [9.17, 15) is 4.39 Å². The van der Waals surface area contributed by atoms with E-state index in [4.69, 9.17) is 4.99 Å². The molecule has 1 aromatic carbocycles. The number of hydrogen-bond donors (Lipinski definition) is 2. The molecule has 0 spiro atoms. The van der Waals surface area contributed by atoms with Gasteiger partial charge < -0.3 is 10.6 Å². The van der Waals surface area contributed by atoms with Gasteiger partial charge >= 0.3 is 0 Å². The quantitative estimate of drug-likeness (QED) is 0.378. The summed E-state index contributed by atoms with van der Waals surface area (Å²) >= 11 is 0. The van der Waals surface area contributed by atoms with Gasteiger partial charge in [0.1, 0.15) is 17.5 Å². The maximum absolute atomic E-state index is 14.2. The van der Waals surface area contributed by atoms with Gasteiger partial charge in [-0.15, -0.1) is 24.0 Å². The van der Waals surface area contributed by atoms with Crippen LogP contribution < -0.4 is 10.6 Å². The van der Waals surface area contributed by atoms with Crippen LogP contribution in [0.5, 0.6) is 0 Å². The number of fused-ring (bicyclic) bond motifs is 1. The summed E-state index contributed by atoms with van der Waals surface area (Å²) in [5.74, 6) is 2.56. The van der Waals surface area contributed by atoms with E-state index < -0.39 is 0 Å². The van der Waals surface area contributed by atoms with Crippen molar-refractivity contribution in [1.82, 2.24) is 25.4 Å². The lowest BCUT2D eigenvalue weighted by atomic mass is 9.95. The zero-order valence-electron chi connectivity index (χ0n) is 16.4. The predicted molar refractivity (Wildman–Crippen MR) is 119 cm³/mol. The Kier molecular flexibility index (Phi) is 6.57. The maximum Gasteiger partial charge on any atom is 0.191 e. The Balaban J connectivity index is 0.00000225. The maximum atomic E-state index is 14.2. The number of aryl methyl sites for hydroxylation is 2. The first-order chi connectivity index (χ1) is 13.1. The highest BCUT2D eigenvalue weighted by molar-refractivity contribution is 14.0. The van der Waals surface area contributed by atoms with Crippen LogP contribution in [0.25, 0.3) is 0 Å². The number of aromatic nitrogens is 3. The molecule has 6 nitrogen and oxygen atoms in total. The van der Waals surface area contributed by atoms with Crippen molar-refractivity contribution in [2.75, 3.05) is 13.1 Å². The fourth-order valence-electron chi connectivity index (χ4n) is 3.85. The van der Waals surface area contributed by atoms with E-state index in [2.05, 4.69) is 27.6 Å². The van der Waals surface area contributed by atoms with E-state index in [0.717, 1.165) is 61.9 Å². The average molecular weight is 498 g/mol. The molecular weight excluding hydrogens is 470 g/mol. The van der Waals surface area contributed by atoms with Crippen LogP contribution in [0.1, 0.15) is 43.4 Å². The molecular formula is C20H28FIN6. The first-order valence-corrected chi connectivity index (χ1v) is 9.80. The number of rotatable bonds is 5. The molecule has 0 amide bonds. The molecule has 0 saturated heterocycles. The highest BCUT2D eigenvalue weighted by atomic mass is 127. The van der Waals surface area contributed by atoms with Gasteiger partial charge in [-0.3, -0.25) is 4.99 Å². The SMILES string of the molecule is CCNC(=NCC1(c2ccccc2F)CC1)NC1CCc2nc(C)nn2C1.I. The molecule has 1 aromatic heterocycles. The standard InChI is InChI=1S/C20H27FN6.HI/c1-3-22-19(25-15-8-9-18-24-14(2)26-27(18)12-15)23-13-20(10-11-20)16-6-4-5-7-17(16)21;/h4-7,15H,3,8-13H2,1-2H3,(H2,22,23,25);1H. The fourth-order valence-corrected chi connectivity index (χ4v) is 3.85. The molecule has 2 aromatic rings. The smallest absolute Gasteiger partial charge is 0.191 e. The van der Waals surface area contributed by atoms with Crippen molar-refractivity contribution in [3.63, 3.8) is 0 Å². The number of hydrogen-bond acceptors (Lipinski definition) is 3. The normalized spacial score (nSPS) is 20.1. The van der Waals surface area contributed by atoms with Crippen molar-refractivity contribution < 1.29 is 4.39 Å². The topological polar surface area (TPSA) is 67.1 Å². The molecule has 1 aliphatic heterocycles. The van der Waals surface area contributed by atoms with Gasteiger partial charge in [-0.1, -0.05) is 18.2 Å². The van der Waals surface area contributed by atoms with Gasteiger partial charge in [0, 0.05) is 24.4 Å². The second kappa shape index (κ2) is 8.75. The molecule has 1 atom stereocenters. The summed E-state index contributed by atoms with van der Waals surface area (Å²) in [6.07, 6.45) is 3.89. The molecule has 28 heavy (non-hydrogen) atoms. The zero-order chi connectivity index (χ0) is 18.9. The van der Waals surface area contributed by atoms with Gasteiger partial charge in [0.25, 0.3) is 0 Å². The van der Waals surface area contributed by atoms with Crippen LogP contribution in [0, 0.1) is 12.7 Å². The summed E-state index contributed by atoms with van der Waals surface area (Å²) in [6.45, 7) is 6.17. The van der Waals surface area contributed by atoms with Gasteiger partial charge in [-0.05, 0) is 44.7 Å². The van der Waals surface area contributed by atoms with Crippen LogP contribution in [-0.4, -0.2) is 39.9 Å². The third-order valence-electron chi connectivity index (χ3n) is 5.49. The molecule has 2 aliphatic rings. The molecule has 0 bridgehead atoms. The van der Waals surface area contributed by atoms with Crippen LogP contribution in [0.2, 0.25) is 0 Å². The minimum atomic E-state index is -0.142. The number of halogens is 2. The lowest BCUT2D eigenvalue weighted by Crippen LogP contribution is -2.47. The van der Waals surface area contributed by atoms with Gasteiger partial charge in [0.05, 0.1) is 13.1 Å². The largest absolute Gasteiger partial charge is 0.357 e. The Hall–Kier alpha value is -1.71. The molecule has 2 N–H and O–H groups in total. The van der Waals surface area contributed by atoms with Crippen molar-refractivity contribution in [2.24, 2.45) is 4.99 Å². The van der Waals surface area contributed by atoms with E-state index in [1.165, 1.54) is 0 Å². The Morgan fingerprint density at radius 1 is 1.36 bits per heavy atom. The molecule has 152 valence electrons. The highest BCUT2D eigenvalue weighted by Crippen LogP contribution is 2.49. The summed E-state index contributed by atoms with van der Waals surface area (Å²) in [7, 11) is 0. The van der Waals surface area contributed by atoms with Crippen LogP contribution in [-0.2, 0) is 18.4 Å². The Morgan fingerprint density at radius 3 is 2.86 bits per heavy atom. The van der Waals surface area contributed by atoms with E-state index in [1.807, 2.05) is 23.7 Å². The van der Waals surface area contributed by atoms with Crippen molar-refractivity contribution >= 4 is 29.9 Å². The van der Waals surface area contributed by atoms with Crippen molar-refractivity contribution in [2.45, 2.75) is 57.5 Å². The fraction of sp³-hybridized carbons (Fsp3) is 0.550. The summed E-state index contributed by atoms with van der Waals surface area (Å²) in [4.78, 5) is 9.27. The first-order valence-electron chi connectivity index (χ1n) is 9.80. The third-order valence-corrected chi connectivity index (χ3v) is 5.49. The van der Waals surface area contributed by atoms with E-state index >= 15 is 0 Å². The molecule has 1 aliphatic carbocycles. The summed E-state index contributed by atoms with van der Waals surface area (Å²) in [5.41, 5.74) is 0.654. The molecule has 1 unspecified atom stereocenters. The lowest BCUT2D eigenvalue weighted by Gasteiger charge is -2.26. The number of nitrogens with zero attached hydrogens (tertiary/aromatic N) is 4. The summed E-state index contributed by atoms with van der Waals surface area (Å²) in [6, 6.07) is 7.36. The number of aliphatic imine (C=N–C) groups is 1. The van der Waals surface area contributed by atoms with E-state index in [0.29, 0.717) is 6.54 Å². The van der Waals surface area contributed by atoms with Gasteiger partial charge in [0.15, 0.2) is 5.96 Å². The third kappa shape index (κ3) is 4.47. The van der Waals surface area contributed by atoms with Gasteiger partial charge in [-0.25, -0.2) is 14.1 Å². The molecule has 1 fully saturated rings. The molecule has 4 rings (SSSR count). The monoisotopic (exact) mass is 498 g/mol. The summed E-state index contributed by atoms with van der Waals surface area (Å²) in [5, 5.41) is 11.3. The minimum absolute atomic E-state index is 0. The molecule has 8 heteroatoms. The average Bonchev–Trinajstić information content (AvgIpc) is 3.34. The number of benzene rings is 1. The second-order valence-electron chi connectivity index (χ2n) is 7.59.